The molecular weight excluding hydrogens is 383 g/mol. The molecule has 1 aromatic carbocycles. The highest BCUT2D eigenvalue weighted by Crippen LogP contribution is 2.66. The van der Waals surface area contributed by atoms with E-state index in [4.69, 9.17) is 0 Å². The molecule has 2 N–H and O–H groups in total. The number of allylic oxidation sites excluding steroid dienone is 4. The third kappa shape index (κ3) is 2.72. The summed E-state index contributed by atoms with van der Waals surface area (Å²) in [6.07, 6.45) is 14.7. The van der Waals surface area contributed by atoms with E-state index in [1.54, 1.807) is 0 Å². The van der Waals surface area contributed by atoms with E-state index in [9.17, 15) is 10.0 Å². The fourth-order valence-electron chi connectivity index (χ4n) is 8.01. The zero-order chi connectivity index (χ0) is 21.4. The van der Waals surface area contributed by atoms with E-state index in [1.807, 2.05) is 6.33 Å². The minimum atomic E-state index is -1.18. The average Bonchev–Trinajstić information content (AvgIpc) is 3.33. The predicted molar refractivity (Wildman–Crippen MR) is 125 cm³/mol. The van der Waals surface area contributed by atoms with Crippen molar-refractivity contribution >= 4 is 23.8 Å². The largest absolute Gasteiger partial charge is 0.455 e. The lowest BCUT2D eigenvalue weighted by Gasteiger charge is -2.58. The molecule has 0 saturated heterocycles. The van der Waals surface area contributed by atoms with Gasteiger partial charge in [0.15, 0.2) is 0 Å². The minimum absolute atomic E-state index is 0.0130. The molecule has 31 heavy (non-hydrogen) atoms. The molecule has 4 nitrogen and oxygen atoms in total. The van der Waals surface area contributed by atoms with Crippen molar-refractivity contribution in [1.29, 1.82) is 0 Å². The van der Waals surface area contributed by atoms with Crippen molar-refractivity contribution in [3.63, 3.8) is 0 Å². The summed E-state index contributed by atoms with van der Waals surface area (Å²) in [5.41, 5.74) is 5.69. The van der Waals surface area contributed by atoms with Gasteiger partial charge in [-0.05, 0) is 79.6 Å². The fourth-order valence-corrected chi connectivity index (χ4v) is 8.01. The number of para-hydroxylation sites is 2. The second-order valence-electron chi connectivity index (χ2n) is 11.1. The van der Waals surface area contributed by atoms with Crippen LogP contribution in [0.4, 0.5) is 0 Å². The molecule has 0 amide bonds. The van der Waals surface area contributed by atoms with Crippen LogP contribution in [0.5, 0.6) is 0 Å². The first-order chi connectivity index (χ1) is 14.9. The second-order valence-corrected chi connectivity index (χ2v) is 11.1. The molecule has 2 fully saturated rings. The van der Waals surface area contributed by atoms with Gasteiger partial charge in [-0.15, -0.1) is 0 Å². The minimum Gasteiger partial charge on any atom is -0.427 e. The lowest BCUT2D eigenvalue weighted by molar-refractivity contribution is -0.0118. The van der Waals surface area contributed by atoms with Crippen LogP contribution in [-0.4, -0.2) is 26.7 Å². The molecule has 0 spiro atoms. The smallest absolute Gasteiger partial charge is 0.427 e. The van der Waals surface area contributed by atoms with Crippen LogP contribution in [0.3, 0.4) is 0 Å². The Balaban J connectivity index is 1.32. The summed E-state index contributed by atoms with van der Waals surface area (Å²) in [5, 5.41) is 19.5. The van der Waals surface area contributed by atoms with Gasteiger partial charge in [-0.25, -0.2) is 4.98 Å². The summed E-state index contributed by atoms with van der Waals surface area (Å²) in [6, 6.07) is 8.47. The third-order valence-electron chi connectivity index (χ3n) is 9.82. The van der Waals surface area contributed by atoms with Crippen LogP contribution in [0, 0.1) is 28.6 Å². The summed E-state index contributed by atoms with van der Waals surface area (Å²) < 4.78 is 2.36. The van der Waals surface area contributed by atoms with Crippen molar-refractivity contribution in [3.05, 3.63) is 48.3 Å². The van der Waals surface area contributed by atoms with E-state index in [2.05, 4.69) is 59.8 Å². The van der Waals surface area contributed by atoms with Gasteiger partial charge in [-0.3, -0.25) is 0 Å². The van der Waals surface area contributed by atoms with Crippen LogP contribution < -0.4 is 0 Å². The zero-order valence-electron chi connectivity index (χ0n) is 18.7. The van der Waals surface area contributed by atoms with E-state index < -0.39 is 7.12 Å². The van der Waals surface area contributed by atoms with Gasteiger partial charge in [0, 0.05) is 11.1 Å². The number of nitrogens with zero attached hydrogens (tertiary/aromatic N) is 2. The summed E-state index contributed by atoms with van der Waals surface area (Å²) in [6.45, 7) is 4.98. The van der Waals surface area contributed by atoms with Crippen molar-refractivity contribution in [2.75, 3.05) is 0 Å². The number of rotatable bonds is 2. The number of hydrogen-bond acceptors (Lipinski definition) is 3. The Bertz CT molecular complexity index is 1090. The Hall–Kier alpha value is -1.85. The van der Waals surface area contributed by atoms with Gasteiger partial charge in [0.25, 0.3) is 0 Å². The Morgan fingerprint density at radius 3 is 2.65 bits per heavy atom. The van der Waals surface area contributed by atoms with Gasteiger partial charge in [0.05, 0.1) is 11.0 Å². The topological polar surface area (TPSA) is 58.3 Å². The molecule has 0 bridgehead atoms. The number of benzene rings is 1. The van der Waals surface area contributed by atoms with Crippen molar-refractivity contribution in [2.45, 2.75) is 64.6 Å². The second kappa shape index (κ2) is 6.82. The molecule has 4 aliphatic rings. The summed E-state index contributed by atoms with van der Waals surface area (Å²) in [5.74, 6) is 2.12. The van der Waals surface area contributed by atoms with E-state index in [1.165, 1.54) is 29.6 Å². The number of aromatic nitrogens is 2. The quantitative estimate of drug-likeness (QED) is 0.517. The first kappa shape index (κ1) is 19.8. The first-order valence-corrected chi connectivity index (χ1v) is 12.1. The maximum Gasteiger partial charge on any atom is 0.455 e. The van der Waals surface area contributed by atoms with E-state index >= 15 is 0 Å². The first-order valence-electron chi connectivity index (χ1n) is 12.1. The molecule has 162 valence electrons. The van der Waals surface area contributed by atoms with Crippen molar-refractivity contribution in [1.82, 2.24) is 9.55 Å². The monoisotopic (exact) mass is 416 g/mol. The van der Waals surface area contributed by atoms with Gasteiger partial charge < -0.3 is 14.6 Å². The van der Waals surface area contributed by atoms with Gasteiger partial charge in [-0.2, -0.15) is 0 Å². The normalized spacial score (nSPS) is 39.4. The van der Waals surface area contributed by atoms with Crippen molar-refractivity contribution in [3.8, 4) is 0 Å². The maximum atomic E-state index is 9.75. The molecule has 5 heteroatoms. The Kier molecular flexibility index (Phi) is 4.36. The van der Waals surface area contributed by atoms with Gasteiger partial charge in [0.2, 0.25) is 0 Å². The van der Waals surface area contributed by atoms with Crippen LogP contribution in [0.2, 0.25) is 5.82 Å². The van der Waals surface area contributed by atoms with E-state index in [0.717, 1.165) is 43.5 Å². The lowest BCUT2D eigenvalue weighted by Crippen LogP contribution is -2.50. The molecule has 1 heterocycles. The Morgan fingerprint density at radius 1 is 1.00 bits per heavy atom. The molecule has 6 rings (SSSR count). The van der Waals surface area contributed by atoms with Crippen LogP contribution in [0.15, 0.2) is 48.3 Å². The highest BCUT2D eigenvalue weighted by molar-refractivity contribution is 6.43. The predicted octanol–water partition coefficient (Wildman–Crippen LogP) is 5.29. The van der Waals surface area contributed by atoms with Gasteiger partial charge in [-0.1, -0.05) is 50.1 Å². The average molecular weight is 416 g/mol. The van der Waals surface area contributed by atoms with E-state index in [-0.39, 0.29) is 16.6 Å². The summed E-state index contributed by atoms with van der Waals surface area (Å²) >= 11 is 0. The molecule has 4 aliphatic carbocycles. The van der Waals surface area contributed by atoms with Gasteiger partial charge in [0.1, 0.15) is 6.33 Å². The number of hydrogen-bond donors (Lipinski definition) is 2. The molecule has 0 unspecified atom stereocenters. The van der Waals surface area contributed by atoms with Crippen LogP contribution >= 0.6 is 0 Å². The van der Waals surface area contributed by atoms with Crippen LogP contribution in [0.1, 0.15) is 58.8 Å². The fraction of sp³-hybridized carbons (Fsp3) is 0.577. The third-order valence-corrected chi connectivity index (χ3v) is 9.82. The summed E-state index contributed by atoms with van der Waals surface area (Å²) in [4.78, 5) is 4.67. The maximum absolute atomic E-state index is 9.75. The lowest BCUT2D eigenvalue weighted by atomic mass is 9.45. The molecule has 1 aromatic heterocycles. The van der Waals surface area contributed by atoms with Crippen LogP contribution in [0.25, 0.3) is 16.7 Å². The molecule has 0 radical (unpaired) electrons. The molecular formula is C26H33BN2O2. The Labute approximate surface area is 185 Å². The van der Waals surface area contributed by atoms with E-state index in [0.29, 0.717) is 11.8 Å². The molecule has 6 atom stereocenters. The zero-order valence-corrected chi connectivity index (χ0v) is 18.7. The van der Waals surface area contributed by atoms with Crippen molar-refractivity contribution < 1.29 is 10.0 Å². The standard InChI is InChI=1S/C26H33BN2O2/c1-25-13-11-18(27(30)31)15-17(25)7-8-19-20-9-10-24(26(20,2)14-12-21(19)25)29-16-28-22-5-3-4-6-23(22)29/h3-7,10,16,18-21,30-31H,8-9,11-15H2,1-2H3/t18-,19-,20-,21-,25-,26-/m0/s1. The number of imidazole rings is 1. The SMILES string of the molecule is C[C@]12CC[C@H](B(O)O)CC1=CC[C@@H]1[C@@H]2CC[C@]2(C)C(n3cnc4ccccc43)=CC[C@@H]12. The number of fused-ring (bicyclic) bond motifs is 6. The molecule has 2 saturated carbocycles. The highest BCUT2D eigenvalue weighted by Gasteiger charge is 2.57. The van der Waals surface area contributed by atoms with Crippen molar-refractivity contribution in [2.24, 2.45) is 28.6 Å². The summed E-state index contributed by atoms with van der Waals surface area (Å²) in [7, 11) is -1.18. The highest BCUT2D eigenvalue weighted by atomic mass is 16.4. The van der Waals surface area contributed by atoms with Crippen LogP contribution in [-0.2, 0) is 0 Å². The van der Waals surface area contributed by atoms with Gasteiger partial charge >= 0.3 is 7.12 Å². The Morgan fingerprint density at radius 2 is 1.81 bits per heavy atom. The molecule has 2 aromatic rings. The molecule has 0 aliphatic heterocycles.